The zero-order valence-corrected chi connectivity index (χ0v) is 13.0. The normalized spacial score (nSPS) is 19.1. The first-order valence-corrected chi connectivity index (χ1v) is 7.39. The lowest BCUT2D eigenvalue weighted by Crippen LogP contribution is -2.51. The molecule has 2 heterocycles. The van der Waals surface area contributed by atoms with E-state index in [1.165, 1.54) is 0 Å². The average molecular weight is 278 g/mol. The van der Waals surface area contributed by atoms with E-state index >= 15 is 0 Å². The van der Waals surface area contributed by atoms with E-state index in [0.29, 0.717) is 5.82 Å². The van der Waals surface area contributed by atoms with Gasteiger partial charge >= 0.3 is 0 Å². The Labute approximate surface area is 120 Å². The minimum absolute atomic E-state index is 0.0748. The summed E-state index contributed by atoms with van der Waals surface area (Å²) in [5, 5.41) is 0. The zero-order valence-electron chi connectivity index (χ0n) is 13.0. The first-order valence-electron chi connectivity index (χ1n) is 7.39. The molecule has 0 amide bonds. The summed E-state index contributed by atoms with van der Waals surface area (Å²) in [6.07, 6.45) is 4.58. The molecule has 0 radical (unpaired) electrons. The number of H-pyrrole nitrogens is 1. The van der Waals surface area contributed by atoms with Crippen LogP contribution in [0.3, 0.4) is 0 Å². The zero-order chi connectivity index (χ0) is 15.0. The minimum atomic E-state index is -0.0987. The molecule has 20 heavy (non-hydrogen) atoms. The number of nitrogens with zero attached hydrogens (tertiary/aromatic N) is 2. The van der Waals surface area contributed by atoms with Crippen molar-refractivity contribution in [2.75, 3.05) is 18.0 Å². The van der Waals surface area contributed by atoms with E-state index in [-0.39, 0.29) is 16.5 Å². The van der Waals surface area contributed by atoms with E-state index in [9.17, 15) is 4.79 Å². The Balaban J connectivity index is 2.18. The molecular weight excluding hydrogens is 252 g/mol. The summed E-state index contributed by atoms with van der Waals surface area (Å²) in [5.74, 6) is 0.524. The van der Waals surface area contributed by atoms with Gasteiger partial charge in [0, 0.05) is 35.9 Å². The largest absolute Gasteiger partial charge is 0.352 e. The molecule has 0 atom stereocenters. The second-order valence-electron chi connectivity index (χ2n) is 6.90. The molecule has 1 aromatic rings. The van der Waals surface area contributed by atoms with E-state index in [1.54, 1.807) is 6.20 Å². The average Bonchev–Trinajstić information content (AvgIpc) is 2.39. The second-order valence-corrected chi connectivity index (χ2v) is 6.90. The fourth-order valence-electron chi connectivity index (χ4n) is 2.52. The summed E-state index contributed by atoms with van der Waals surface area (Å²) in [6.45, 7) is 9.91. The van der Waals surface area contributed by atoms with Gasteiger partial charge in [-0.15, -0.1) is 0 Å². The van der Waals surface area contributed by atoms with Crippen LogP contribution in [0.1, 0.15) is 52.7 Å². The lowest BCUT2D eigenvalue weighted by molar-refractivity contribution is 0.322. The molecule has 2 rings (SSSR count). The molecule has 1 saturated heterocycles. The molecule has 0 aromatic carbocycles. The van der Waals surface area contributed by atoms with Crippen molar-refractivity contribution < 1.29 is 0 Å². The van der Waals surface area contributed by atoms with Crippen LogP contribution >= 0.6 is 0 Å². The molecule has 1 fully saturated rings. The van der Waals surface area contributed by atoms with Crippen LogP contribution in [0, 0.1) is 0 Å². The first kappa shape index (κ1) is 15.0. The predicted molar refractivity (Wildman–Crippen MR) is 82.2 cm³/mol. The van der Waals surface area contributed by atoms with Gasteiger partial charge in [0.1, 0.15) is 0 Å². The van der Waals surface area contributed by atoms with Gasteiger partial charge in [0.25, 0.3) is 5.56 Å². The Bertz CT molecular complexity index is 521. The minimum Gasteiger partial charge on any atom is -0.352 e. The van der Waals surface area contributed by atoms with Crippen LogP contribution in [0.4, 0.5) is 5.82 Å². The molecule has 0 spiro atoms. The van der Waals surface area contributed by atoms with Gasteiger partial charge in [0.05, 0.1) is 0 Å². The molecular formula is C15H26N4O. The predicted octanol–water partition coefficient (Wildman–Crippen LogP) is 1.78. The molecule has 0 bridgehead atoms. The Hall–Kier alpha value is -1.36. The Kier molecular flexibility index (Phi) is 3.91. The molecule has 3 N–H and O–H groups in total. The summed E-state index contributed by atoms with van der Waals surface area (Å²) in [7, 11) is 0. The molecule has 0 saturated carbocycles. The van der Waals surface area contributed by atoms with E-state index < -0.39 is 0 Å². The van der Waals surface area contributed by atoms with Crippen molar-refractivity contribution in [3.8, 4) is 0 Å². The van der Waals surface area contributed by atoms with Crippen LogP contribution in [0.25, 0.3) is 0 Å². The standard InChI is InChI=1S/C15H26N4O/c1-5-15(16)6-8-19(9-7-15)12-13(20)18-11(10-17-12)14(2,3)4/h10H,5-9,16H2,1-4H3,(H,18,20). The fraction of sp³-hybridized carbons (Fsp3) is 0.733. The molecule has 112 valence electrons. The SMILES string of the molecule is CCC1(N)CCN(c2ncc(C(C)(C)C)[nH]c2=O)CC1. The number of aromatic nitrogens is 2. The molecule has 0 unspecified atom stereocenters. The number of hydrogen-bond donors (Lipinski definition) is 2. The highest BCUT2D eigenvalue weighted by Crippen LogP contribution is 2.25. The summed E-state index contributed by atoms with van der Waals surface area (Å²) in [6, 6.07) is 0. The van der Waals surface area contributed by atoms with Gasteiger partial charge in [0.2, 0.25) is 0 Å². The van der Waals surface area contributed by atoms with Crippen LogP contribution in [0.2, 0.25) is 0 Å². The van der Waals surface area contributed by atoms with Crippen LogP contribution in [0.15, 0.2) is 11.0 Å². The summed E-state index contributed by atoms with van der Waals surface area (Å²) in [4.78, 5) is 21.6. The van der Waals surface area contributed by atoms with Gasteiger partial charge in [-0.1, -0.05) is 27.7 Å². The third-order valence-electron chi connectivity index (χ3n) is 4.34. The number of anilines is 1. The van der Waals surface area contributed by atoms with Crippen LogP contribution in [-0.4, -0.2) is 28.6 Å². The molecule has 5 heteroatoms. The van der Waals surface area contributed by atoms with Crippen molar-refractivity contribution in [1.82, 2.24) is 9.97 Å². The van der Waals surface area contributed by atoms with E-state index in [0.717, 1.165) is 38.0 Å². The number of rotatable bonds is 2. The van der Waals surface area contributed by atoms with Gasteiger partial charge in [-0.2, -0.15) is 0 Å². The summed E-state index contributed by atoms with van der Waals surface area (Å²) < 4.78 is 0. The Morgan fingerprint density at radius 2 is 2.00 bits per heavy atom. The highest BCUT2D eigenvalue weighted by molar-refractivity contribution is 5.37. The number of nitrogens with two attached hydrogens (primary N) is 1. The van der Waals surface area contributed by atoms with Crippen LogP contribution in [-0.2, 0) is 5.41 Å². The van der Waals surface area contributed by atoms with Crippen molar-refractivity contribution in [2.45, 2.75) is 57.9 Å². The Morgan fingerprint density at radius 3 is 2.45 bits per heavy atom. The quantitative estimate of drug-likeness (QED) is 0.864. The van der Waals surface area contributed by atoms with Crippen LogP contribution in [0.5, 0.6) is 0 Å². The highest BCUT2D eigenvalue weighted by Gasteiger charge is 2.30. The first-order chi connectivity index (χ1) is 9.25. The van der Waals surface area contributed by atoms with Crippen molar-refractivity contribution >= 4 is 5.82 Å². The fourth-order valence-corrected chi connectivity index (χ4v) is 2.52. The van der Waals surface area contributed by atoms with Gasteiger partial charge < -0.3 is 15.6 Å². The number of hydrogen-bond acceptors (Lipinski definition) is 4. The maximum Gasteiger partial charge on any atom is 0.291 e. The van der Waals surface area contributed by atoms with Crippen molar-refractivity contribution in [3.63, 3.8) is 0 Å². The monoisotopic (exact) mass is 278 g/mol. The van der Waals surface area contributed by atoms with E-state index in [1.807, 2.05) is 4.90 Å². The molecule has 1 aromatic heterocycles. The van der Waals surface area contributed by atoms with Crippen LogP contribution < -0.4 is 16.2 Å². The van der Waals surface area contributed by atoms with Gasteiger partial charge in [-0.05, 0) is 19.3 Å². The molecule has 1 aliphatic heterocycles. The highest BCUT2D eigenvalue weighted by atomic mass is 16.1. The third kappa shape index (κ3) is 3.03. The summed E-state index contributed by atoms with van der Waals surface area (Å²) in [5.41, 5.74) is 6.88. The lowest BCUT2D eigenvalue weighted by Gasteiger charge is -2.38. The van der Waals surface area contributed by atoms with Gasteiger partial charge in [-0.25, -0.2) is 4.98 Å². The topological polar surface area (TPSA) is 75.0 Å². The van der Waals surface area contributed by atoms with Crippen molar-refractivity contribution in [1.29, 1.82) is 0 Å². The molecule has 1 aliphatic rings. The lowest BCUT2D eigenvalue weighted by atomic mass is 9.86. The third-order valence-corrected chi connectivity index (χ3v) is 4.34. The van der Waals surface area contributed by atoms with E-state index in [2.05, 4.69) is 37.7 Å². The number of nitrogens with one attached hydrogen (secondary N) is 1. The maximum absolute atomic E-state index is 12.2. The summed E-state index contributed by atoms with van der Waals surface area (Å²) >= 11 is 0. The second kappa shape index (κ2) is 5.20. The number of piperidine rings is 1. The number of aromatic amines is 1. The van der Waals surface area contributed by atoms with Gasteiger partial charge in [0.15, 0.2) is 5.82 Å². The van der Waals surface area contributed by atoms with Crippen molar-refractivity contribution in [2.24, 2.45) is 5.73 Å². The molecule has 5 nitrogen and oxygen atoms in total. The van der Waals surface area contributed by atoms with Gasteiger partial charge in [-0.3, -0.25) is 4.79 Å². The smallest absolute Gasteiger partial charge is 0.291 e. The maximum atomic E-state index is 12.2. The molecule has 0 aliphatic carbocycles. The Morgan fingerprint density at radius 1 is 1.40 bits per heavy atom. The van der Waals surface area contributed by atoms with E-state index in [4.69, 9.17) is 5.73 Å². The van der Waals surface area contributed by atoms with Crippen molar-refractivity contribution in [3.05, 3.63) is 22.2 Å².